The highest BCUT2D eigenvalue weighted by atomic mass is 16.2. The van der Waals surface area contributed by atoms with Crippen LogP contribution in [-0.4, -0.2) is 47.2 Å². The summed E-state index contributed by atoms with van der Waals surface area (Å²) in [5.41, 5.74) is 0.961. The SMILES string of the molecule is O=C(CCN1C(=O)C2CCCCC2C1=O)NC(Cc1ccccc1)C(=O)NC1CC1. The molecule has 1 heterocycles. The standard InChI is InChI=1S/C23H29N3O4/c27-20(12-13-26-22(29)17-8-4-5-9-18(17)23(26)30)25-19(21(28)24-16-10-11-16)14-15-6-2-1-3-7-15/h1-3,6-7,16-19H,4-5,8-14H2,(H,24,28)(H,25,27). The number of fused-ring (bicyclic) bond motifs is 1. The van der Waals surface area contributed by atoms with Crippen molar-refractivity contribution in [2.75, 3.05) is 6.54 Å². The van der Waals surface area contributed by atoms with Crippen LogP contribution in [0.5, 0.6) is 0 Å². The molecule has 3 aliphatic rings. The molecule has 1 aromatic carbocycles. The van der Waals surface area contributed by atoms with Gasteiger partial charge in [-0.05, 0) is 31.2 Å². The number of nitrogens with zero attached hydrogens (tertiary/aromatic N) is 1. The summed E-state index contributed by atoms with van der Waals surface area (Å²) in [6.07, 6.45) is 5.84. The summed E-state index contributed by atoms with van der Waals surface area (Å²) in [4.78, 5) is 51.6. The van der Waals surface area contributed by atoms with Gasteiger partial charge in [-0.3, -0.25) is 24.1 Å². The molecule has 3 unspecified atom stereocenters. The van der Waals surface area contributed by atoms with Gasteiger partial charge in [0.25, 0.3) is 0 Å². The van der Waals surface area contributed by atoms with Gasteiger partial charge in [-0.15, -0.1) is 0 Å². The Kier molecular flexibility index (Phi) is 6.16. The second-order valence-electron chi connectivity index (χ2n) is 8.67. The van der Waals surface area contributed by atoms with E-state index in [9.17, 15) is 19.2 Å². The molecule has 160 valence electrons. The minimum atomic E-state index is -0.673. The van der Waals surface area contributed by atoms with E-state index in [0.717, 1.165) is 44.1 Å². The molecule has 2 aliphatic carbocycles. The maximum Gasteiger partial charge on any atom is 0.243 e. The summed E-state index contributed by atoms with van der Waals surface area (Å²) >= 11 is 0. The van der Waals surface area contributed by atoms with Crippen LogP contribution in [0.25, 0.3) is 0 Å². The summed E-state index contributed by atoms with van der Waals surface area (Å²) < 4.78 is 0. The zero-order chi connectivity index (χ0) is 21.1. The van der Waals surface area contributed by atoms with Gasteiger partial charge in [-0.1, -0.05) is 43.2 Å². The van der Waals surface area contributed by atoms with E-state index < -0.39 is 6.04 Å². The fraction of sp³-hybridized carbons (Fsp3) is 0.565. The number of rotatable bonds is 8. The maximum absolute atomic E-state index is 12.6. The van der Waals surface area contributed by atoms with Gasteiger partial charge >= 0.3 is 0 Å². The Morgan fingerprint density at radius 2 is 1.60 bits per heavy atom. The normalized spacial score (nSPS) is 24.3. The quantitative estimate of drug-likeness (QED) is 0.635. The first-order valence-corrected chi connectivity index (χ1v) is 11.0. The van der Waals surface area contributed by atoms with Crippen LogP contribution in [0.4, 0.5) is 0 Å². The monoisotopic (exact) mass is 411 g/mol. The van der Waals surface area contributed by atoms with Crippen molar-refractivity contribution in [3.8, 4) is 0 Å². The average Bonchev–Trinajstić information content (AvgIpc) is 3.53. The second kappa shape index (κ2) is 8.98. The van der Waals surface area contributed by atoms with Crippen LogP contribution in [0.3, 0.4) is 0 Å². The lowest BCUT2D eigenvalue weighted by Gasteiger charge is -2.20. The summed E-state index contributed by atoms with van der Waals surface area (Å²) in [5.74, 6) is -1.19. The van der Waals surface area contributed by atoms with E-state index >= 15 is 0 Å². The molecule has 1 saturated heterocycles. The number of carbonyl (C=O) groups is 4. The molecule has 30 heavy (non-hydrogen) atoms. The smallest absolute Gasteiger partial charge is 0.243 e. The molecule has 1 aromatic rings. The summed E-state index contributed by atoms with van der Waals surface area (Å²) in [5, 5.41) is 5.77. The number of hydrogen-bond acceptors (Lipinski definition) is 4. The highest BCUT2D eigenvalue weighted by Gasteiger charge is 2.47. The van der Waals surface area contributed by atoms with Crippen molar-refractivity contribution < 1.29 is 19.2 Å². The minimum absolute atomic E-state index is 0.0128. The van der Waals surface area contributed by atoms with Crippen molar-refractivity contribution in [2.24, 2.45) is 11.8 Å². The molecule has 3 atom stereocenters. The fourth-order valence-corrected chi connectivity index (χ4v) is 4.52. The molecule has 0 bridgehead atoms. The van der Waals surface area contributed by atoms with Crippen molar-refractivity contribution >= 4 is 23.6 Å². The Morgan fingerprint density at radius 1 is 0.967 bits per heavy atom. The first kappa shape index (κ1) is 20.6. The zero-order valence-corrected chi connectivity index (χ0v) is 17.1. The number of nitrogens with one attached hydrogen (secondary N) is 2. The molecule has 2 saturated carbocycles. The first-order chi connectivity index (χ1) is 14.5. The fourth-order valence-electron chi connectivity index (χ4n) is 4.52. The van der Waals surface area contributed by atoms with E-state index in [4.69, 9.17) is 0 Å². The Balaban J connectivity index is 1.34. The molecule has 0 aromatic heterocycles. The molecule has 7 heteroatoms. The third-order valence-corrected chi connectivity index (χ3v) is 6.35. The average molecular weight is 412 g/mol. The number of benzene rings is 1. The topological polar surface area (TPSA) is 95.6 Å². The van der Waals surface area contributed by atoms with Crippen LogP contribution in [0.15, 0.2) is 30.3 Å². The molecule has 1 aliphatic heterocycles. The van der Waals surface area contributed by atoms with Crippen molar-refractivity contribution in [2.45, 2.75) is 63.5 Å². The lowest BCUT2D eigenvalue weighted by Crippen LogP contribution is -2.49. The van der Waals surface area contributed by atoms with E-state index in [0.29, 0.717) is 6.42 Å². The zero-order valence-electron chi connectivity index (χ0n) is 17.1. The molecule has 0 spiro atoms. The number of amides is 4. The number of likely N-dealkylation sites (tertiary alicyclic amines) is 1. The van der Waals surface area contributed by atoms with Crippen LogP contribution < -0.4 is 10.6 Å². The predicted octanol–water partition coefficient (Wildman–Crippen LogP) is 1.56. The van der Waals surface area contributed by atoms with E-state index in [1.807, 2.05) is 30.3 Å². The highest BCUT2D eigenvalue weighted by molar-refractivity contribution is 6.05. The van der Waals surface area contributed by atoms with Gasteiger partial charge in [0.15, 0.2) is 0 Å². The van der Waals surface area contributed by atoms with Crippen LogP contribution in [0.1, 0.15) is 50.5 Å². The summed E-state index contributed by atoms with van der Waals surface area (Å²) in [7, 11) is 0. The van der Waals surface area contributed by atoms with Gasteiger partial charge in [0.2, 0.25) is 23.6 Å². The van der Waals surface area contributed by atoms with Crippen LogP contribution in [0, 0.1) is 11.8 Å². The molecule has 3 fully saturated rings. The van der Waals surface area contributed by atoms with Crippen LogP contribution in [-0.2, 0) is 25.6 Å². The third kappa shape index (κ3) is 4.71. The Morgan fingerprint density at radius 3 is 2.20 bits per heavy atom. The van der Waals surface area contributed by atoms with Crippen molar-refractivity contribution in [1.82, 2.24) is 15.5 Å². The summed E-state index contributed by atoms with van der Waals surface area (Å²) in [6, 6.07) is 9.08. The molecule has 2 N–H and O–H groups in total. The number of hydrogen-bond donors (Lipinski definition) is 2. The minimum Gasteiger partial charge on any atom is -0.352 e. The molecular formula is C23H29N3O4. The van der Waals surface area contributed by atoms with E-state index in [1.54, 1.807) is 0 Å². The summed E-state index contributed by atoms with van der Waals surface area (Å²) in [6.45, 7) is 0.0821. The molecule has 7 nitrogen and oxygen atoms in total. The first-order valence-electron chi connectivity index (χ1n) is 11.0. The predicted molar refractivity (Wildman–Crippen MR) is 110 cm³/mol. The van der Waals surface area contributed by atoms with Gasteiger partial charge in [-0.25, -0.2) is 0 Å². The van der Waals surface area contributed by atoms with E-state index in [2.05, 4.69) is 10.6 Å². The van der Waals surface area contributed by atoms with Crippen LogP contribution in [0.2, 0.25) is 0 Å². The molecule has 0 radical (unpaired) electrons. The van der Waals surface area contributed by atoms with Gasteiger partial charge in [0.1, 0.15) is 6.04 Å². The maximum atomic E-state index is 12.6. The third-order valence-electron chi connectivity index (χ3n) is 6.35. The van der Waals surface area contributed by atoms with Gasteiger partial charge in [0.05, 0.1) is 11.8 Å². The Labute approximate surface area is 176 Å². The lowest BCUT2D eigenvalue weighted by molar-refractivity contribution is -0.140. The Bertz CT molecular complexity index is 797. The van der Waals surface area contributed by atoms with E-state index in [-0.39, 0.29) is 54.5 Å². The van der Waals surface area contributed by atoms with Gasteiger partial charge < -0.3 is 10.6 Å². The molecule has 4 amide bonds. The number of imide groups is 1. The van der Waals surface area contributed by atoms with Gasteiger partial charge in [0, 0.05) is 25.4 Å². The number of carbonyl (C=O) groups excluding carboxylic acids is 4. The molecule has 4 rings (SSSR count). The van der Waals surface area contributed by atoms with Crippen LogP contribution >= 0.6 is 0 Å². The largest absolute Gasteiger partial charge is 0.352 e. The highest BCUT2D eigenvalue weighted by Crippen LogP contribution is 2.37. The Hall–Kier alpha value is -2.70. The second-order valence-corrected chi connectivity index (χ2v) is 8.67. The molecular weight excluding hydrogens is 382 g/mol. The van der Waals surface area contributed by atoms with Gasteiger partial charge in [-0.2, -0.15) is 0 Å². The van der Waals surface area contributed by atoms with E-state index in [1.165, 1.54) is 4.90 Å². The lowest BCUT2D eigenvalue weighted by atomic mass is 9.81. The van der Waals surface area contributed by atoms with Crippen molar-refractivity contribution in [3.05, 3.63) is 35.9 Å². The van der Waals surface area contributed by atoms with Crippen molar-refractivity contribution in [1.29, 1.82) is 0 Å². The van der Waals surface area contributed by atoms with Crippen molar-refractivity contribution in [3.63, 3.8) is 0 Å².